The second-order valence-corrected chi connectivity index (χ2v) is 30.8. The van der Waals surface area contributed by atoms with Gasteiger partial charge in [0.2, 0.25) is 4.78 Å². The molecule has 398 valence electrons. The van der Waals surface area contributed by atoms with Crippen molar-refractivity contribution in [3.8, 4) is 0 Å². The van der Waals surface area contributed by atoms with Crippen LogP contribution in [0.1, 0.15) is 0 Å². The quantitative estimate of drug-likeness (QED) is 0.0583. The zero-order valence-corrected chi connectivity index (χ0v) is 45.0. The van der Waals surface area contributed by atoms with Gasteiger partial charge in [0.25, 0.3) is 0 Å². The standard InChI is InChI=1S/C49H40ClP3.C6H4F2.2CHF3O3S/c50-53(47-37-21-7-22-38-47,48-39-23-8-24-40-48)49(51(41-25-9-1-10-26-41,42-27-11-2-12-28-42)43-29-13-3-14-30-43)52(44-31-15-4-16-32-44,45-33-17-5-18-34-45)46-35-19-6-20-36-46;7-5-3-1-2-4-6(5)8;2*2-1(3,4)8(5,6)7/h1-40H;1-4H;2*(H,5,6,7)/q+2;;;/p-2. The molecule has 0 spiro atoms. The van der Waals surface area contributed by atoms with Gasteiger partial charge in [0.1, 0.15) is 38.1 Å². The molecule has 0 fully saturated rings. The van der Waals surface area contributed by atoms with E-state index in [9.17, 15) is 35.1 Å². The summed E-state index contributed by atoms with van der Waals surface area (Å²) in [6.07, 6.45) is -3.03. The molecule has 0 heterocycles. The van der Waals surface area contributed by atoms with E-state index in [1.165, 1.54) is 48.7 Å². The van der Waals surface area contributed by atoms with E-state index in [1.807, 2.05) is 0 Å². The summed E-state index contributed by atoms with van der Waals surface area (Å²) in [7, 11) is -17.9. The molecule has 0 unspecified atom stereocenters. The largest absolute Gasteiger partial charge is 0.741 e. The summed E-state index contributed by atoms with van der Waals surface area (Å²) >= 11 is 9.15. The molecule has 0 bridgehead atoms. The highest BCUT2D eigenvalue weighted by molar-refractivity contribution is 8.43. The van der Waals surface area contributed by atoms with Gasteiger partial charge in [0, 0.05) is 10.6 Å². The van der Waals surface area contributed by atoms with Gasteiger partial charge in [0.05, 0.1) is 0 Å². The van der Waals surface area contributed by atoms with Gasteiger partial charge in [-0.25, -0.2) is 25.6 Å². The molecule has 0 atom stereocenters. The van der Waals surface area contributed by atoms with E-state index in [0.717, 1.165) is 22.7 Å². The fourth-order valence-electron chi connectivity index (χ4n) is 8.22. The van der Waals surface area contributed by atoms with Crippen LogP contribution >= 0.6 is 32.0 Å². The fraction of sp³-hybridized carbons (Fsp3) is 0.0351. The first-order chi connectivity index (χ1) is 36.5. The zero-order valence-electron chi connectivity index (χ0n) is 39.9. The maximum absolute atomic E-state index is 11.9. The highest BCUT2D eigenvalue weighted by atomic mass is 35.7. The monoisotopic (exact) mass is 1170 g/mol. The Kier molecular flexibility index (Phi) is 20.2. The smallest absolute Gasteiger partial charge is 0.485 e. The van der Waals surface area contributed by atoms with Gasteiger partial charge in [0.15, 0.2) is 46.4 Å². The molecule has 9 aromatic rings. The van der Waals surface area contributed by atoms with Gasteiger partial charge in [-0.1, -0.05) is 193 Å². The van der Waals surface area contributed by atoms with Gasteiger partial charge in [-0.15, -0.1) is 0 Å². The Labute approximate surface area is 447 Å². The number of benzene rings is 9. The van der Waals surface area contributed by atoms with Gasteiger partial charge in [-0.05, 0) is 84.9 Å². The number of halogens is 9. The number of hydrogen-bond donors (Lipinski definition) is 0. The second kappa shape index (κ2) is 25.9. The van der Waals surface area contributed by atoms with Crippen LogP contribution in [0, 0.1) is 11.6 Å². The lowest BCUT2D eigenvalue weighted by atomic mass is 10.3. The molecule has 0 aromatic heterocycles. The Morgan fingerprint density at radius 2 is 0.494 bits per heavy atom. The predicted molar refractivity (Wildman–Crippen MR) is 298 cm³/mol. The van der Waals surface area contributed by atoms with Crippen LogP contribution < -0.4 is 42.4 Å². The Bertz CT molecular complexity index is 3150. The average Bonchev–Trinajstić information content (AvgIpc) is 3.62. The first-order valence-electron chi connectivity index (χ1n) is 22.7. The van der Waals surface area contributed by atoms with Crippen molar-refractivity contribution in [1.82, 2.24) is 0 Å². The SMILES string of the molecule is ClP(=C([P+](c1ccccc1)(c1ccccc1)c1ccccc1)[P+](c1ccccc1)(c1ccccc1)c1ccccc1)(c1ccccc1)c1ccccc1.Fc1ccccc1F.O=S(=O)([O-])C(F)(F)F.O=S(=O)([O-])C(F)(F)F. The molecule has 9 rings (SSSR count). The molecule has 0 saturated heterocycles. The summed E-state index contributed by atoms with van der Waals surface area (Å²) in [4.78, 5) is 0. The van der Waals surface area contributed by atoms with Gasteiger partial charge >= 0.3 is 11.0 Å². The molecule has 9 aromatic carbocycles. The van der Waals surface area contributed by atoms with E-state index in [2.05, 4.69) is 243 Å². The molecule has 6 nitrogen and oxygen atoms in total. The first-order valence-corrected chi connectivity index (χ1v) is 31.7. The minimum atomic E-state index is -6.09. The molecule has 0 amide bonds. The van der Waals surface area contributed by atoms with Crippen LogP contribution in [0.2, 0.25) is 0 Å². The van der Waals surface area contributed by atoms with Crippen LogP contribution in [0.4, 0.5) is 35.1 Å². The van der Waals surface area contributed by atoms with E-state index >= 15 is 0 Å². The highest BCUT2D eigenvalue weighted by Crippen LogP contribution is 2.81. The van der Waals surface area contributed by atoms with Crippen molar-refractivity contribution in [3.05, 3.63) is 279 Å². The number of rotatable bonds is 10. The van der Waals surface area contributed by atoms with Crippen LogP contribution in [0.5, 0.6) is 0 Å². The summed E-state index contributed by atoms with van der Waals surface area (Å²) in [6.45, 7) is 0. The summed E-state index contributed by atoms with van der Waals surface area (Å²) in [6, 6.07) is 94.7. The van der Waals surface area contributed by atoms with Crippen molar-refractivity contribution in [1.29, 1.82) is 0 Å². The molecule has 0 aliphatic rings. The van der Waals surface area contributed by atoms with Gasteiger partial charge in [-0.3, -0.25) is 0 Å². The van der Waals surface area contributed by atoms with Crippen LogP contribution in [-0.4, -0.2) is 41.7 Å². The molecule has 77 heavy (non-hydrogen) atoms. The predicted octanol–water partition coefficient (Wildman–Crippen LogP) is 12.0. The maximum Gasteiger partial charge on any atom is 0.485 e. The summed E-state index contributed by atoms with van der Waals surface area (Å²) < 4.78 is 143. The summed E-state index contributed by atoms with van der Waals surface area (Å²) in [5.74, 6) is -1.60. The van der Waals surface area contributed by atoms with Crippen molar-refractivity contribution in [3.63, 3.8) is 0 Å². The minimum absolute atomic E-state index is 0.799. The Balaban J connectivity index is 0.000000330. The highest BCUT2D eigenvalue weighted by Gasteiger charge is 2.69. The fourth-order valence-corrected chi connectivity index (χ4v) is 30.4. The van der Waals surface area contributed by atoms with E-state index in [1.54, 1.807) is 0 Å². The van der Waals surface area contributed by atoms with Crippen LogP contribution in [0.25, 0.3) is 0 Å². The van der Waals surface area contributed by atoms with Crippen molar-refractivity contribution < 1.29 is 61.1 Å². The lowest BCUT2D eigenvalue weighted by molar-refractivity contribution is -0.0522. The number of alkyl halides is 6. The molecule has 0 aliphatic heterocycles. The molecule has 0 N–H and O–H groups in total. The third-order valence-electron chi connectivity index (χ3n) is 11.4. The lowest BCUT2D eigenvalue weighted by Gasteiger charge is -2.40. The first kappa shape index (κ1) is 59.9. The molecule has 0 aliphatic carbocycles. The van der Waals surface area contributed by atoms with Crippen molar-refractivity contribution >= 4 is 99.5 Å². The van der Waals surface area contributed by atoms with Crippen molar-refractivity contribution in [2.75, 3.05) is 0 Å². The summed E-state index contributed by atoms with van der Waals surface area (Å²) in [5.41, 5.74) is -11.3. The van der Waals surface area contributed by atoms with Gasteiger partial charge in [-0.2, -0.15) is 26.3 Å². The van der Waals surface area contributed by atoms with E-state index in [-0.39, 0.29) is 0 Å². The van der Waals surface area contributed by atoms with E-state index < -0.39 is 63.7 Å². The molecule has 0 radical (unpaired) electrons. The topological polar surface area (TPSA) is 114 Å². The zero-order chi connectivity index (χ0) is 56.0. The molecular formula is C57H44ClF8O6P3S2. The second-order valence-electron chi connectivity index (χ2n) is 16.1. The van der Waals surface area contributed by atoms with Crippen molar-refractivity contribution in [2.45, 2.75) is 11.0 Å². The Hall–Kier alpha value is -6.31. The van der Waals surface area contributed by atoms with E-state index in [0.29, 0.717) is 0 Å². The Morgan fingerprint density at radius 3 is 0.649 bits per heavy atom. The van der Waals surface area contributed by atoms with Crippen LogP contribution in [-0.2, 0) is 20.2 Å². The lowest BCUT2D eigenvalue weighted by Crippen LogP contribution is -2.46. The maximum atomic E-state index is 11.9. The molecule has 20 heteroatoms. The van der Waals surface area contributed by atoms with Crippen LogP contribution in [0.15, 0.2) is 267 Å². The normalized spacial score (nSPS) is 12.0. The summed E-state index contributed by atoms with van der Waals surface area (Å²) in [5, 5.41) is 10.0. The van der Waals surface area contributed by atoms with Crippen molar-refractivity contribution in [2.24, 2.45) is 0 Å². The molecule has 0 saturated carbocycles. The molecular weight excluding hydrogens is 1130 g/mol. The Morgan fingerprint density at radius 1 is 0.338 bits per heavy atom. The van der Waals surface area contributed by atoms with Gasteiger partial charge < -0.3 is 9.11 Å². The number of hydrogen-bond acceptors (Lipinski definition) is 6. The average molecular weight is 1170 g/mol. The third-order valence-corrected chi connectivity index (χ3v) is 30.5. The van der Waals surface area contributed by atoms with E-state index in [4.69, 9.17) is 37.2 Å². The minimum Gasteiger partial charge on any atom is -0.741 e. The third kappa shape index (κ3) is 13.7. The van der Waals surface area contributed by atoms with Crippen LogP contribution in [0.3, 0.4) is 0 Å².